The number of nitrogens with zero attached hydrogens (tertiary/aromatic N) is 1. The molecule has 0 aromatic carbocycles. The highest BCUT2D eigenvalue weighted by molar-refractivity contribution is 5.87. The van der Waals surface area contributed by atoms with Crippen LogP contribution in [0.3, 0.4) is 0 Å². The molecule has 0 aliphatic heterocycles. The predicted octanol–water partition coefficient (Wildman–Crippen LogP) is 2.76. The van der Waals surface area contributed by atoms with Crippen molar-refractivity contribution in [2.45, 2.75) is 70.8 Å². The van der Waals surface area contributed by atoms with E-state index in [2.05, 4.69) is 12.3 Å². The fourth-order valence-electron chi connectivity index (χ4n) is 3.15. The van der Waals surface area contributed by atoms with E-state index < -0.39 is 0 Å². The standard InChI is InChI=1S/C13H25N3/c1-13(9-5-6-10-13)12(16-14)15-11-7-3-2-4-8-11/h11H,2-10,14H2,1H3,(H,15,16). The Morgan fingerprint density at radius 3 is 2.31 bits per heavy atom. The lowest BCUT2D eigenvalue weighted by Crippen LogP contribution is -2.42. The Morgan fingerprint density at radius 2 is 1.75 bits per heavy atom. The zero-order valence-corrected chi connectivity index (χ0v) is 10.5. The smallest absolute Gasteiger partial charge is 0.117 e. The van der Waals surface area contributed by atoms with E-state index in [0.29, 0.717) is 6.04 Å². The summed E-state index contributed by atoms with van der Waals surface area (Å²) in [5.41, 5.74) is 3.11. The van der Waals surface area contributed by atoms with E-state index in [9.17, 15) is 0 Å². The first-order chi connectivity index (χ1) is 7.74. The molecule has 2 aliphatic carbocycles. The molecule has 0 heterocycles. The van der Waals surface area contributed by atoms with Crippen molar-refractivity contribution >= 4 is 5.84 Å². The minimum atomic E-state index is 0.228. The van der Waals surface area contributed by atoms with E-state index >= 15 is 0 Å². The number of hydrazine groups is 1. The first-order valence-electron chi connectivity index (χ1n) is 6.79. The molecule has 3 nitrogen and oxygen atoms in total. The third-order valence-corrected chi connectivity index (χ3v) is 4.30. The average molecular weight is 223 g/mol. The number of nitrogens with two attached hydrogens (primary N) is 1. The second-order valence-corrected chi connectivity index (χ2v) is 5.68. The summed E-state index contributed by atoms with van der Waals surface area (Å²) in [6.45, 7) is 2.31. The molecule has 0 aromatic heterocycles. The summed E-state index contributed by atoms with van der Waals surface area (Å²) in [6.07, 6.45) is 11.7. The van der Waals surface area contributed by atoms with Crippen molar-refractivity contribution < 1.29 is 0 Å². The molecule has 0 atom stereocenters. The molecule has 0 bridgehead atoms. The minimum absolute atomic E-state index is 0.228. The van der Waals surface area contributed by atoms with Gasteiger partial charge in [-0.3, -0.25) is 4.99 Å². The Kier molecular flexibility index (Phi) is 3.85. The van der Waals surface area contributed by atoms with Gasteiger partial charge in [-0.1, -0.05) is 39.0 Å². The molecule has 0 amide bonds. The van der Waals surface area contributed by atoms with E-state index in [1.54, 1.807) is 0 Å². The summed E-state index contributed by atoms with van der Waals surface area (Å²) in [5.74, 6) is 6.74. The molecule has 3 heteroatoms. The van der Waals surface area contributed by atoms with Crippen LogP contribution in [0.25, 0.3) is 0 Å². The largest absolute Gasteiger partial charge is 0.312 e. The molecule has 0 spiro atoms. The molecule has 0 saturated heterocycles. The van der Waals surface area contributed by atoms with Crippen molar-refractivity contribution in [1.82, 2.24) is 5.43 Å². The van der Waals surface area contributed by atoms with Gasteiger partial charge in [0, 0.05) is 5.41 Å². The SMILES string of the molecule is CC1(C(=NC2CCCCC2)NN)CCCC1. The van der Waals surface area contributed by atoms with Gasteiger partial charge >= 0.3 is 0 Å². The molecule has 0 unspecified atom stereocenters. The summed E-state index contributed by atoms with van der Waals surface area (Å²) < 4.78 is 0. The monoisotopic (exact) mass is 223 g/mol. The molecule has 2 rings (SSSR count). The Balaban J connectivity index is 2.04. The van der Waals surface area contributed by atoms with Gasteiger partial charge in [0.1, 0.15) is 5.84 Å². The topological polar surface area (TPSA) is 50.4 Å². The van der Waals surface area contributed by atoms with E-state index in [-0.39, 0.29) is 5.41 Å². The van der Waals surface area contributed by atoms with Crippen LogP contribution in [-0.4, -0.2) is 11.9 Å². The quantitative estimate of drug-likeness (QED) is 0.327. The van der Waals surface area contributed by atoms with Gasteiger partial charge in [0.05, 0.1) is 6.04 Å². The number of nitrogens with one attached hydrogen (secondary N) is 1. The Hall–Kier alpha value is -0.570. The highest BCUT2D eigenvalue weighted by Gasteiger charge is 2.34. The van der Waals surface area contributed by atoms with Crippen LogP contribution in [0.15, 0.2) is 4.99 Å². The lowest BCUT2D eigenvalue weighted by molar-refractivity contribution is 0.423. The van der Waals surface area contributed by atoms with Gasteiger partial charge in [0.25, 0.3) is 0 Å². The van der Waals surface area contributed by atoms with Crippen LogP contribution in [0.5, 0.6) is 0 Å². The molecule has 2 fully saturated rings. The number of rotatable bonds is 2. The van der Waals surface area contributed by atoms with Gasteiger partial charge in [0.2, 0.25) is 0 Å². The van der Waals surface area contributed by atoms with Crippen LogP contribution in [0, 0.1) is 5.41 Å². The second kappa shape index (κ2) is 5.17. The molecule has 2 saturated carbocycles. The van der Waals surface area contributed by atoms with E-state index in [1.165, 1.54) is 57.8 Å². The van der Waals surface area contributed by atoms with Gasteiger partial charge in [-0.25, -0.2) is 5.84 Å². The van der Waals surface area contributed by atoms with E-state index in [4.69, 9.17) is 10.8 Å². The summed E-state index contributed by atoms with van der Waals surface area (Å²) in [7, 11) is 0. The van der Waals surface area contributed by atoms with Crippen molar-refractivity contribution in [2.24, 2.45) is 16.3 Å². The lowest BCUT2D eigenvalue weighted by Gasteiger charge is -2.28. The van der Waals surface area contributed by atoms with E-state index in [0.717, 1.165) is 5.84 Å². The molecule has 0 radical (unpaired) electrons. The fraction of sp³-hybridized carbons (Fsp3) is 0.923. The van der Waals surface area contributed by atoms with Crippen LogP contribution in [0.1, 0.15) is 64.7 Å². The summed E-state index contributed by atoms with van der Waals surface area (Å²) >= 11 is 0. The van der Waals surface area contributed by atoms with Crippen LogP contribution in [-0.2, 0) is 0 Å². The molecule has 92 valence electrons. The van der Waals surface area contributed by atoms with Crippen LogP contribution < -0.4 is 11.3 Å². The molecule has 16 heavy (non-hydrogen) atoms. The third-order valence-electron chi connectivity index (χ3n) is 4.30. The Morgan fingerprint density at radius 1 is 1.12 bits per heavy atom. The average Bonchev–Trinajstić information content (AvgIpc) is 2.75. The van der Waals surface area contributed by atoms with Crippen LogP contribution in [0.4, 0.5) is 0 Å². The molecule has 3 N–H and O–H groups in total. The van der Waals surface area contributed by atoms with Crippen molar-refractivity contribution in [3.8, 4) is 0 Å². The van der Waals surface area contributed by atoms with Crippen molar-refractivity contribution in [1.29, 1.82) is 0 Å². The molecule has 2 aliphatic rings. The number of hydrogen-bond donors (Lipinski definition) is 2. The van der Waals surface area contributed by atoms with Gasteiger partial charge in [0.15, 0.2) is 0 Å². The summed E-state index contributed by atoms with van der Waals surface area (Å²) in [5, 5.41) is 0. The first-order valence-corrected chi connectivity index (χ1v) is 6.79. The zero-order valence-electron chi connectivity index (χ0n) is 10.5. The normalized spacial score (nSPS) is 27.0. The number of amidine groups is 1. The van der Waals surface area contributed by atoms with Crippen molar-refractivity contribution in [3.63, 3.8) is 0 Å². The van der Waals surface area contributed by atoms with Crippen molar-refractivity contribution in [3.05, 3.63) is 0 Å². The highest BCUT2D eigenvalue weighted by atomic mass is 15.3. The second-order valence-electron chi connectivity index (χ2n) is 5.68. The van der Waals surface area contributed by atoms with Crippen molar-refractivity contribution in [2.75, 3.05) is 0 Å². The van der Waals surface area contributed by atoms with Gasteiger partial charge < -0.3 is 5.43 Å². The highest BCUT2D eigenvalue weighted by Crippen LogP contribution is 2.38. The molecule has 0 aromatic rings. The zero-order chi connectivity index (χ0) is 11.4. The maximum Gasteiger partial charge on any atom is 0.117 e. The van der Waals surface area contributed by atoms with Crippen LogP contribution >= 0.6 is 0 Å². The molecular weight excluding hydrogens is 198 g/mol. The minimum Gasteiger partial charge on any atom is -0.312 e. The maximum atomic E-state index is 5.67. The summed E-state index contributed by atoms with van der Waals surface area (Å²) in [4.78, 5) is 4.89. The first kappa shape index (κ1) is 11.9. The number of aliphatic imine (C=N–C) groups is 1. The van der Waals surface area contributed by atoms with Gasteiger partial charge in [-0.15, -0.1) is 0 Å². The van der Waals surface area contributed by atoms with Gasteiger partial charge in [-0.2, -0.15) is 0 Å². The van der Waals surface area contributed by atoms with Gasteiger partial charge in [-0.05, 0) is 25.7 Å². The number of hydrogen-bond acceptors (Lipinski definition) is 2. The van der Waals surface area contributed by atoms with Crippen LogP contribution in [0.2, 0.25) is 0 Å². The predicted molar refractivity (Wildman–Crippen MR) is 68.2 cm³/mol. The fourth-order valence-corrected chi connectivity index (χ4v) is 3.15. The Labute approximate surface area is 98.9 Å². The third kappa shape index (κ3) is 2.57. The molecular formula is C13H25N3. The lowest BCUT2D eigenvalue weighted by atomic mass is 9.86. The van der Waals surface area contributed by atoms with E-state index in [1.807, 2.05) is 0 Å². The Bertz CT molecular complexity index is 248. The maximum absolute atomic E-state index is 5.67. The summed E-state index contributed by atoms with van der Waals surface area (Å²) in [6, 6.07) is 0.525.